The fourth-order valence-electron chi connectivity index (χ4n) is 4.41. The summed E-state index contributed by atoms with van der Waals surface area (Å²) >= 11 is 3.22. The summed E-state index contributed by atoms with van der Waals surface area (Å²) in [6.45, 7) is 0. The SMILES string of the molecule is Fc1ccc(Sc2ccccc2C=NC2CCCCC2N=Cc2ccccc2Sc2ccc(F)cc2)cc1. The fraction of sp³-hybridized carbons (Fsp3) is 0.188. The summed E-state index contributed by atoms with van der Waals surface area (Å²) in [7, 11) is 0. The summed E-state index contributed by atoms with van der Waals surface area (Å²) in [5.41, 5.74) is 2.10. The quantitative estimate of drug-likeness (QED) is 0.207. The lowest BCUT2D eigenvalue weighted by molar-refractivity contribution is 0.390. The molecule has 2 nitrogen and oxygen atoms in total. The van der Waals surface area contributed by atoms with Crippen LogP contribution in [0, 0.1) is 11.6 Å². The highest BCUT2D eigenvalue weighted by Gasteiger charge is 2.23. The molecule has 192 valence electrons. The van der Waals surface area contributed by atoms with E-state index in [9.17, 15) is 8.78 Å². The molecule has 0 heterocycles. The standard InChI is InChI=1S/C32H28F2N2S2/c33-25-13-17-27(18-14-25)37-31-11-5-1-7-23(31)21-35-29-9-3-4-10-30(29)36-22-24-8-2-6-12-32(24)38-28-19-15-26(34)16-20-28/h1-2,5-8,11-22,29-30H,3-4,9-10H2. The Morgan fingerprint density at radius 2 is 0.947 bits per heavy atom. The molecular formula is C32H28F2N2S2. The molecule has 2 atom stereocenters. The third-order valence-electron chi connectivity index (χ3n) is 6.43. The van der Waals surface area contributed by atoms with E-state index in [1.54, 1.807) is 47.8 Å². The van der Waals surface area contributed by atoms with Crippen molar-refractivity contribution in [3.05, 3.63) is 120 Å². The molecule has 1 aliphatic carbocycles. The topological polar surface area (TPSA) is 24.7 Å². The van der Waals surface area contributed by atoms with Gasteiger partial charge < -0.3 is 0 Å². The van der Waals surface area contributed by atoms with Crippen LogP contribution in [0.1, 0.15) is 36.8 Å². The lowest BCUT2D eigenvalue weighted by Crippen LogP contribution is -2.27. The minimum atomic E-state index is -0.232. The highest BCUT2D eigenvalue weighted by Crippen LogP contribution is 2.32. The van der Waals surface area contributed by atoms with Crippen molar-refractivity contribution < 1.29 is 8.78 Å². The maximum Gasteiger partial charge on any atom is 0.123 e. The van der Waals surface area contributed by atoms with E-state index in [2.05, 4.69) is 24.3 Å². The summed E-state index contributed by atoms with van der Waals surface area (Å²) in [6.07, 6.45) is 8.27. The molecule has 1 saturated carbocycles. The number of aliphatic imine (C=N–C) groups is 2. The van der Waals surface area contributed by atoms with Gasteiger partial charge in [-0.15, -0.1) is 0 Å². The fourth-order valence-corrected chi connectivity index (χ4v) is 6.23. The molecular weight excluding hydrogens is 514 g/mol. The average molecular weight is 543 g/mol. The van der Waals surface area contributed by atoms with Gasteiger partial charge in [-0.25, -0.2) is 8.78 Å². The molecule has 1 fully saturated rings. The first kappa shape index (κ1) is 26.4. The first-order valence-corrected chi connectivity index (χ1v) is 14.4. The van der Waals surface area contributed by atoms with Crippen LogP contribution in [0.25, 0.3) is 0 Å². The second-order valence-electron chi connectivity index (χ2n) is 9.16. The van der Waals surface area contributed by atoms with Crippen molar-refractivity contribution in [3.63, 3.8) is 0 Å². The van der Waals surface area contributed by atoms with Crippen molar-refractivity contribution in [2.75, 3.05) is 0 Å². The number of benzene rings is 4. The van der Waals surface area contributed by atoms with Crippen LogP contribution in [-0.4, -0.2) is 24.5 Å². The zero-order valence-corrected chi connectivity index (χ0v) is 22.5. The molecule has 0 aromatic heterocycles. The molecule has 0 amide bonds. The van der Waals surface area contributed by atoms with Gasteiger partial charge >= 0.3 is 0 Å². The van der Waals surface area contributed by atoms with E-state index in [-0.39, 0.29) is 23.7 Å². The normalized spacial score (nSPS) is 17.8. The Labute approximate surface area is 231 Å². The van der Waals surface area contributed by atoms with Gasteiger partial charge in [-0.05, 0) is 73.5 Å². The molecule has 0 spiro atoms. The highest BCUT2D eigenvalue weighted by atomic mass is 32.2. The minimum absolute atomic E-state index is 0.126. The van der Waals surface area contributed by atoms with Crippen LogP contribution in [0.5, 0.6) is 0 Å². The number of halogens is 2. The Bertz CT molecular complexity index is 1290. The minimum Gasteiger partial charge on any atom is -0.287 e. The van der Waals surface area contributed by atoms with Crippen LogP contribution in [-0.2, 0) is 0 Å². The van der Waals surface area contributed by atoms with Gasteiger partial charge in [0.25, 0.3) is 0 Å². The van der Waals surface area contributed by atoms with Gasteiger partial charge in [-0.2, -0.15) is 0 Å². The lowest BCUT2D eigenvalue weighted by atomic mass is 9.91. The molecule has 0 saturated heterocycles. The predicted octanol–water partition coefficient (Wildman–Crippen LogP) is 9.12. The Morgan fingerprint density at radius 1 is 0.553 bits per heavy atom. The second kappa shape index (κ2) is 13.0. The highest BCUT2D eigenvalue weighted by molar-refractivity contribution is 7.99. The second-order valence-corrected chi connectivity index (χ2v) is 11.4. The third-order valence-corrected chi connectivity index (χ3v) is 8.62. The van der Waals surface area contributed by atoms with Gasteiger partial charge in [0.1, 0.15) is 11.6 Å². The molecule has 6 heteroatoms. The molecule has 0 N–H and O–H groups in total. The number of nitrogens with zero attached hydrogens (tertiary/aromatic N) is 2. The monoisotopic (exact) mass is 542 g/mol. The number of hydrogen-bond donors (Lipinski definition) is 0. The smallest absolute Gasteiger partial charge is 0.123 e. The van der Waals surface area contributed by atoms with Gasteiger partial charge in [0.15, 0.2) is 0 Å². The molecule has 1 aliphatic rings. The molecule has 0 aliphatic heterocycles. The first-order chi connectivity index (χ1) is 18.6. The summed E-state index contributed by atoms with van der Waals surface area (Å²) in [5.74, 6) is -0.463. The van der Waals surface area contributed by atoms with Crippen molar-refractivity contribution in [3.8, 4) is 0 Å². The molecule has 4 aromatic rings. The molecule has 0 bridgehead atoms. The van der Waals surface area contributed by atoms with E-state index in [4.69, 9.17) is 9.98 Å². The summed E-state index contributed by atoms with van der Waals surface area (Å²) < 4.78 is 26.6. The van der Waals surface area contributed by atoms with Gasteiger partial charge in [0, 0.05) is 43.1 Å². The number of rotatable bonds is 8. The average Bonchev–Trinajstić information content (AvgIpc) is 2.95. The summed E-state index contributed by atoms with van der Waals surface area (Å²) in [5, 5.41) is 0. The van der Waals surface area contributed by atoms with Crippen LogP contribution in [0.15, 0.2) is 127 Å². The Kier molecular flexibility index (Phi) is 9.05. The van der Waals surface area contributed by atoms with Crippen molar-refractivity contribution in [1.29, 1.82) is 0 Å². The number of hydrogen-bond acceptors (Lipinski definition) is 4. The van der Waals surface area contributed by atoms with Crippen LogP contribution in [0.3, 0.4) is 0 Å². The Morgan fingerprint density at radius 3 is 1.37 bits per heavy atom. The van der Waals surface area contributed by atoms with Crippen molar-refractivity contribution >= 4 is 36.0 Å². The van der Waals surface area contributed by atoms with E-state index < -0.39 is 0 Å². The van der Waals surface area contributed by atoms with Gasteiger partial charge in [0.2, 0.25) is 0 Å². The van der Waals surface area contributed by atoms with Crippen LogP contribution >= 0.6 is 23.5 Å². The molecule has 5 rings (SSSR count). The molecule has 0 radical (unpaired) electrons. The van der Waals surface area contributed by atoms with Crippen LogP contribution < -0.4 is 0 Å². The van der Waals surface area contributed by atoms with E-state index >= 15 is 0 Å². The largest absolute Gasteiger partial charge is 0.287 e. The molecule has 38 heavy (non-hydrogen) atoms. The Hall–Kier alpha value is -3.22. The maximum absolute atomic E-state index is 13.3. The predicted molar refractivity (Wildman–Crippen MR) is 155 cm³/mol. The van der Waals surface area contributed by atoms with Crippen molar-refractivity contribution in [2.45, 2.75) is 57.3 Å². The van der Waals surface area contributed by atoms with Crippen molar-refractivity contribution in [2.24, 2.45) is 9.98 Å². The maximum atomic E-state index is 13.3. The first-order valence-electron chi connectivity index (χ1n) is 12.8. The zero-order valence-electron chi connectivity index (χ0n) is 20.8. The van der Waals surface area contributed by atoms with E-state index in [0.29, 0.717) is 0 Å². The molecule has 2 unspecified atom stereocenters. The van der Waals surface area contributed by atoms with Gasteiger partial charge in [-0.3, -0.25) is 9.98 Å². The van der Waals surface area contributed by atoms with E-state index in [1.165, 1.54) is 24.3 Å². The summed E-state index contributed by atoms with van der Waals surface area (Å²) in [6, 6.07) is 29.7. The van der Waals surface area contributed by atoms with Gasteiger partial charge in [-0.1, -0.05) is 72.8 Å². The van der Waals surface area contributed by atoms with E-state index in [0.717, 1.165) is 56.4 Å². The third kappa shape index (κ3) is 7.21. The zero-order chi connectivity index (χ0) is 26.2. The summed E-state index contributed by atoms with van der Waals surface area (Å²) in [4.78, 5) is 14.2. The lowest BCUT2D eigenvalue weighted by Gasteiger charge is -2.25. The van der Waals surface area contributed by atoms with Crippen LogP contribution in [0.4, 0.5) is 8.78 Å². The van der Waals surface area contributed by atoms with E-state index in [1.807, 2.05) is 36.7 Å². The van der Waals surface area contributed by atoms with Crippen molar-refractivity contribution in [1.82, 2.24) is 0 Å². The van der Waals surface area contributed by atoms with Gasteiger partial charge in [0.05, 0.1) is 12.1 Å². The van der Waals surface area contributed by atoms with Crippen LogP contribution in [0.2, 0.25) is 0 Å². The molecule has 4 aromatic carbocycles. The Balaban J connectivity index is 1.31.